The first kappa shape index (κ1) is 10.8. The summed E-state index contributed by atoms with van der Waals surface area (Å²) in [5, 5.41) is 11.0. The Morgan fingerprint density at radius 3 is 2.75 bits per heavy atom. The molecule has 0 N–H and O–H groups in total. The first-order chi connectivity index (χ1) is 7.83. The third-order valence-corrected chi connectivity index (χ3v) is 2.64. The summed E-state index contributed by atoms with van der Waals surface area (Å²) in [6.45, 7) is 0. The molecule has 0 saturated carbocycles. The Kier molecular flexibility index (Phi) is 3.33. The molecule has 3 heteroatoms. The van der Waals surface area contributed by atoms with Gasteiger partial charge in [0.2, 0.25) is 0 Å². The van der Waals surface area contributed by atoms with Crippen LogP contribution in [0.3, 0.4) is 0 Å². The van der Waals surface area contributed by atoms with Crippen molar-refractivity contribution in [2.24, 2.45) is 0 Å². The maximum atomic E-state index is 8.82. The van der Waals surface area contributed by atoms with Gasteiger partial charge in [-0.1, -0.05) is 12.1 Å². The van der Waals surface area contributed by atoms with Crippen molar-refractivity contribution in [2.75, 3.05) is 12.2 Å². The van der Waals surface area contributed by atoms with E-state index in [9.17, 15) is 0 Å². The van der Waals surface area contributed by atoms with Crippen LogP contribution in [0.2, 0.25) is 0 Å². The van der Waals surface area contributed by atoms with Gasteiger partial charge in [0.15, 0.2) is 0 Å². The predicted octanol–water partition coefficient (Wildman–Crippen LogP) is 3.41. The van der Waals surface area contributed by atoms with E-state index >= 15 is 0 Å². The number of hydrogen-bond donors (Lipinski definition) is 0. The molecule has 80 valence electrons. The second-order valence-electron chi connectivity index (χ2n) is 3.39. The van der Waals surface area contributed by atoms with E-state index < -0.39 is 0 Å². The summed E-state index contributed by atoms with van der Waals surface area (Å²) in [4.78, 5) is 0. The number of ether oxygens (including phenoxy) is 1. The van der Waals surface area contributed by atoms with Crippen LogP contribution in [0.5, 0.6) is 5.75 Å². The van der Waals surface area contributed by atoms with E-state index in [-0.39, 0.29) is 0 Å². The third-order valence-electron chi connectivity index (χ3n) is 2.28. The monoisotopic (exact) mass is 229 g/mol. The Labute approximate surface area is 98.8 Å². The number of thioether (sulfide) groups is 1. The van der Waals surface area contributed by atoms with E-state index in [1.54, 1.807) is 11.8 Å². The van der Waals surface area contributed by atoms with E-state index in [1.807, 2.05) is 42.7 Å². The number of fused-ring (bicyclic) bond motifs is 1. The molecule has 0 aliphatic carbocycles. The van der Waals surface area contributed by atoms with Gasteiger partial charge in [0.1, 0.15) is 11.7 Å². The fourth-order valence-electron chi connectivity index (χ4n) is 1.51. The van der Waals surface area contributed by atoms with Gasteiger partial charge >= 0.3 is 0 Å². The molecule has 0 spiro atoms. The first-order valence-corrected chi connectivity index (χ1v) is 6.28. The molecule has 0 bridgehead atoms. The zero-order chi connectivity index (χ0) is 11.4. The van der Waals surface area contributed by atoms with Crippen molar-refractivity contribution in [3.63, 3.8) is 0 Å². The third kappa shape index (κ3) is 2.29. The van der Waals surface area contributed by atoms with Gasteiger partial charge in [0.05, 0.1) is 11.6 Å². The van der Waals surface area contributed by atoms with E-state index in [4.69, 9.17) is 10.00 Å². The van der Waals surface area contributed by atoms with Crippen molar-refractivity contribution in [1.29, 1.82) is 5.26 Å². The average molecular weight is 229 g/mol. The summed E-state index contributed by atoms with van der Waals surface area (Å²) in [5.41, 5.74) is 0.675. The van der Waals surface area contributed by atoms with E-state index in [0.29, 0.717) is 11.5 Å². The maximum absolute atomic E-state index is 8.82. The van der Waals surface area contributed by atoms with Crippen molar-refractivity contribution >= 4 is 22.5 Å². The zero-order valence-corrected chi connectivity index (χ0v) is 9.75. The molecule has 0 heterocycles. The smallest absolute Gasteiger partial charge is 0.133 e. The molecular weight excluding hydrogens is 218 g/mol. The van der Waals surface area contributed by atoms with Gasteiger partial charge < -0.3 is 4.74 Å². The summed E-state index contributed by atoms with van der Waals surface area (Å²) < 4.78 is 5.52. The van der Waals surface area contributed by atoms with Crippen LogP contribution >= 0.6 is 11.8 Å². The van der Waals surface area contributed by atoms with Crippen LogP contribution in [0, 0.1) is 11.3 Å². The quantitative estimate of drug-likeness (QED) is 0.756. The predicted molar refractivity (Wildman–Crippen MR) is 67.7 cm³/mol. The topological polar surface area (TPSA) is 33.0 Å². The van der Waals surface area contributed by atoms with Crippen LogP contribution in [0.4, 0.5) is 0 Å². The summed E-state index contributed by atoms with van der Waals surface area (Å²) in [6.07, 6.45) is 1.99. The van der Waals surface area contributed by atoms with Crippen molar-refractivity contribution in [2.45, 2.75) is 0 Å². The number of nitriles is 1. The second kappa shape index (κ2) is 4.91. The SMILES string of the molecule is CSCOc1ccc2ccc(C#N)cc2c1. The molecule has 0 atom stereocenters. The number of nitrogens with zero attached hydrogens (tertiary/aromatic N) is 1. The fraction of sp³-hybridized carbons (Fsp3) is 0.154. The van der Waals surface area contributed by atoms with E-state index in [1.165, 1.54) is 0 Å². The zero-order valence-electron chi connectivity index (χ0n) is 8.93. The molecule has 2 nitrogen and oxygen atoms in total. The van der Waals surface area contributed by atoms with Crippen LogP contribution in [-0.2, 0) is 0 Å². The van der Waals surface area contributed by atoms with Crippen LogP contribution in [0.25, 0.3) is 10.8 Å². The number of benzene rings is 2. The molecule has 0 aliphatic rings. The lowest BCUT2D eigenvalue weighted by molar-refractivity contribution is 0.394. The molecule has 2 rings (SSSR count). The molecule has 0 aliphatic heterocycles. The van der Waals surface area contributed by atoms with Crippen LogP contribution in [-0.4, -0.2) is 12.2 Å². The summed E-state index contributed by atoms with van der Waals surface area (Å²) in [6, 6.07) is 13.7. The van der Waals surface area contributed by atoms with Crippen molar-refractivity contribution in [3.05, 3.63) is 42.0 Å². The minimum absolute atomic E-state index is 0.642. The largest absolute Gasteiger partial charge is 0.483 e. The Hall–Kier alpha value is -1.66. The molecule has 16 heavy (non-hydrogen) atoms. The van der Waals surface area contributed by atoms with Gasteiger partial charge in [-0.15, -0.1) is 11.8 Å². The van der Waals surface area contributed by atoms with Gasteiger partial charge in [-0.25, -0.2) is 0 Å². The molecule has 0 saturated heterocycles. The van der Waals surface area contributed by atoms with E-state index in [0.717, 1.165) is 16.5 Å². The number of rotatable bonds is 3. The van der Waals surface area contributed by atoms with Gasteiger partial charge in [0, 0.05) is 0 Å². The van der Waals surface area contributed by atoms with E-state index in [2.05, 4.69) is 6.07 Å². The molecule has 0 aromatic heterocycles. The summed E-state index contributed by atoms with van der Waals surface area (Å²) in [5.74, 6) is 1.49. The summed E-state index contributed by atoms with van der Waals surface area (Å²) >= 11 is 1.63. The van der Waals surface area contributed by atoms with Crippen LogP contribution < -0.4 is 4.74 Å². The normalized spacial score (nSPS) is 10.0. The highest BCUT2D eigenvalue weighted by atomic mass is 32.2. The molecule has 2 aromatic carbocycles. The van der Waals surface area contributed by atoms with Crippen molar-refractivity contribution < 1.29 is 4.74 Å². The molecule has 0 unspecified atom stereocenters. The Morgan fingerprint density at radius 1 is 1.19 bits per heavy atom. The lowest BCUT2D eigenvalue weighted by Gasteiger charge is -2.05. The van der Waals surface area contributed by atoms with Gasteiger partial charge in [-0.2, -0.15) is 5.26 Å². The van der Waals surface area contributed by atoms with Gasteiger partial charge in [-0.3, -0.25) is 0 Å². The molecular formula is C13H11NOS. The molecule has 0 fully saturated rings. The number of hydrogen-bond acceptors (Lipinski definition) is 3. The fourth-order valence-corrected chi connectivity index (χ4v) is 1.77. The first-order valence-electron chi connectivity index (χ1n) is 4.89. The Balaban J connectivity index is 2.39. The minimum atomic E-state index is 0.642. The molecule has 2 aromatic rings. The van der Waals surface area contributed by atoms with Gasteiger partial charge in [0.25, 0.3) is 0 Å². The molecule has 0 amide bonds. The Morgan fingerprint density at radius 2 is 2.00 bits per heavy atom. The van der Waals surface area contributed by atoms with Crippen LogP contribution in [0.1, 0.15) is 5.56 Å². The lowest BCUT2D eigenvalue weighted by Crippen LogP contribution is -1.91. The van der Waals surface area contributed by atoms with Crippen molar-refractivity contribution in [3.8, 4) is 11.8 Å². The average Bonchev–Trinajstić information content (AvgIpc) is 2.35. The highest BCUT2D eigenvalue weighted by Crippen LogP contribution is 2.22. The van der Waals surface area contributed by atoms with Crippen molar-refractivity contribution in [1.82, 2.24) is 0 Å². The maximum Gasteiger partial charge on any atom is 0.133 e. The standard InChI is InChI=1S/C13H11NOS/c1-16-9-15-13-5-4-11-3-2-10(8-14)6-12(11)7-13/h2-7H,9H2,1H3. The highest BCUT2D eigenvalue weighted by molar-refractivity contribution is 7.98. The second-order valence-corrected chi connectivity index (χ2v) is 4.20. The lowest BCUT2D eigenvalue weighted by atomic mass is 10.1. The Bertz CT molecular complexity index is 545. The summed E-state index contributed by atoms with van der Waals surface area (Å²) in [7, 11) is 0. The highest BCUT2D eigenvalue weighted by Gasteiger charge is 1.98. The minimum Gasteiger partial charge on any atom is -0.483 e. The van der Waals surface area contributed by atoms with Gasteiger partial charge in [-0.05, 0) is 41.3 Å². The van der Waals surface area contributed by atoms with Crippen LogP contribution in [0.15, 0.2) is 36.4 Å². The molecule has 0 radical (unpaired) electrons.